The monoisotopic (exact) mass is 821 g/mol. The van der Waals surface area contributed by atoms with Gasteiger partial charge in [0.25, 0.3) is 0 Å². The summed E-state index contributed by atoms with van der Waals surface area (Å²) in [7, 11) is 0. The number of rotatable bonds is 34. The molecule has 0 radical (unpaired) electrons. The zero-order valence-corrected chi connectivity index (χ0v) is 35.1. The smallest absolute Gasteiger partial charge is 0.306 e. The van der Waals surface area contributed by atoms with Crippen LogP contribution >= 0.6 is 0 Å². The molecule has 2 aliphatic heterocycles. The van der Waals surface area contributed by atoms with Crippen LogP contribution in [0.5, 0.6) is 0 Å². The predicted octanol–water partition coefficient (Wildman–Crippen LogP) is 4.73. The number of aliphatic hydroxyl groups is 7. The summed E-state index contributed by atoms with van der Waals surface area (Å²) in [6.07, 6.45) is 12.8. The lowest BCUT2D eigenvalue weighted by Crippen LogP contribution is -2.61. The fourth-order valence-electron chi connectivity index (χ4n) is 7.04. The van der Waals surface area contributed by atoms with Crippen molar-refractivity contribution in [1.82, 2.24) is 0 Å². The summed E-state index contributed by atoms with van der Waals surface area (Å²) in [5, 5.41) is 71.8. The first-order valence-corrected chi connectivity index (χ1v) is 22.3. The van der Waals surface area contributed by atoms with E-state index in [2.05, 4.69) is 26.0 Å². The Morgan fingerprint density at radius 2 is 1.04 bits per heavy atom. The number of hydrogen-bond acceptors (Lipinski definition) is 14. The van der Waals surface area contributed by atoms with Gasteiger partial charge in [0.05, 0.1) is 26.4 Å². The van der Waals surface area contributed by atoms with Crippen LogP contribution in [0.1, 0.15) is 155 Å². The first-order valence-electron chi connectivity index (χ1n) is 22.3. The van der Waals surface area contributed by atoms with Crippen LogP contribution in [-0.2, 0) is 33.2 Å². The Morgan fingerprint density at radius 1 is 0.561 bits per heavy atom. The van der Waals surface area contributed by atoms with Gasteiger partial charge in [-0.25, -0.2) is 0 Å². The summed E-state index contributed by atoms with van der Waals surface area (Å²) in [5.74, 6) is -0.386. The van der Waals surface area contributed by atoms with Crippen molar-refractivity contribution >= 4 is 5.97 Å². The Labute approximate surface area is 342 Å². The molecule has 0 amide bonds. The first-order chi connectivity index (χ1) is 27.6. The molecule has 2 aliphatic rings. The molecule has 7 N–H and O–H groups in total. The fourth-order valence-corrected chi connectivity index (χ4v) is 7.04. The maximum absolute atomic E-state index is 12.9. The molecule has 0 aromatic carbocycles. The Kier molecular flexibility index (Phi) is 29.6. The van der Waals surface area contributed by atoms with Crippen LogP contribution in [0.25, 0.3) is 0 Å². The van der Waals surface area contributed by atoms with Gasteiger partial charge >= 0.3 is 5.97 Å². The van der Waals surface area contributed by atoms with Crippen molar-refractivity contribution in [3.8, 4) is 0 Å². The van der Waals surface area contributed by atoms with E-state index >= 15 is 0 Å². The number of esters is 1. The fraction of sp³-hybridized carbons (Fsp3) is 0.930. The quantitative estimate of drug-likeness (QED) is 0.0266. The molecule has 2 rings (SSSR count). The second-order valence-corrected chi connectivity index (χ2v) is 15.9. The molecular formula is C43H80O14. The largest absolute Gasteiger partial charge is 0.457 e. The van der Waals surface area contributed by atoms with E-state index in [-0.39, 0.29) is 25.6 Å². The van der Waals surface area contributed by atoms with Gasteiger partial charge in [-0.15, -0.1) is 0 Å². The highest BCUT2D eigenvalue weighted by atomic mass is 16.7. The van der Waals surface area contributed by atoms with Gasteiger partial charge in [-0.3, -0.25) is 4.79 Å². The Hall–Kier alpha value is -1.27. The van der Waals surface area contributed by atoms with Gasteiger partial charge in [0.15, 0.2) is 12.6 Å². The van der Waals surface area contributed by atoms with Gasteiger partial charge in [0.1, 0.15) is 54.9 Å². The third kappa shape index (κ3) is 21.7. The number of unbranched alkanes of at least 4 members (excludes halogenated alkanes) is 18. The number of hydrogen-bond donors (Lipinski definition) is 7. The van der Waals surface area contributed by atoms with Crippen LogP contribution < -0.4 is 0 Å². The van der Waals surface area contributed by atoms with Crippen LogP contribution in [0, 0.1) is 0 Å². The van der Waals surface area contributed by atoms with Gasteiger partial charge < -0.3 is 64.2 Å². The topological polar surface area (TPSA) is 214 Å². The summed E-state index contributed by atoms with van der Waals surface area (Å²) in [5.41, 5.74) is 0. The molecular weight excluding hydrogens is 740 g/mol. The van der Waals surface area contributed by atoms with Crippen molar-refractivity contribution in [1.29, 1.82) is 0 Å². The lowest BCUT2D eigenvalue weighted by Gasteiger charge is -2.42. The van der Waals surface area contributed by atoms with Crippen molar-refractivity contribution in [2.24, 2.45) is 0 Å². The minimum absolute atomic E-state index is 0.0624. The molecule has 14 heteroatoms. The molecule has 0 aliphatic carbocycles. The number of allylic oxidation sites excluding steroid dienone is 2. The lowest BCUT2D eigenvalue weighted by atomic mass is 9.98. The van der Waals surface area contributed by atoms with Crippen LogP contribution in [0.3, 0.4) is 0 Å². The zero-order chi connectivity index (χ0) is 41.7. The van der Waals surface area contributed by atoms with E-state index in [0.29, 0.717) is 13.0 Å². The Balaban J connectivity index is 1.83. The SMILES string of the molecule is CCCCCC/C=C\CCCCCCCC(=O)OC(COCCCCCCCCCCCC)COC1OC(COC2OC(CO)C(O)C(O)C2O)C(O)C(O)C1O. The molecule has 14 nitrogen and oxygen atoms in total. The number of ether oxygens (including phenoxy) is 6. The Bertz CT molecular complexity index is 1000. The molecule has 0 aromatic heterocycles. The molecule has 11 unspecified atom stereocenters. The first kappa shape index (κ1) is 51.9. The minimum atomic E-state index is -1.70. The van der Waals surface area contributed by atoms with E-state index in [0.717, 1.165) is 57.8 Å². The Morgan fingerprint density at radius 3 is 1.61 bits per heavy atom. The molecule has 0 bridgehead atoms. The van der Waals surface area contributed by atoms with Crippen LogP contribution in [0.4, 0.5) is 0 Å². The molecule has 2 saturated heterocycles. The van der Waals surface area contributed by atoms with Gasteiger partial charge in [-0.1, -0.05) is 122 Å². The zero-order valence-electron chi connectivity index (χ0n) is 35.1. The second kappa shape index (κ2) is 32.5. The molecule has 2 fully saturated rings. The molecule has 0 spiro atoms. The van der Waals surface area contributed by atoms with Crippen LogP contribution in [0.15, 0.2) is 12.2 Å². The highest BCUT2D eigenvalue weighted by molar-refractivity contribution is 5.69. The molecule has 11 atom stereocenters. The summed E-state index contributed by atoms with van der Waals surface area (Å²) in [6.45, 7) is 3.64. The minimum Gasteiger partial charge on any atom is -0.457 e. The molecule has 2 heterocycles. The highest BCUT2D eigenvalue weighted by Gasteiger charge is 2.47. The van der Waals surface area contributed by atoms with Gasteiger partial charge in [-0.2, -0.15) is 0 Å². The van der Waals surface area contributed by atoms with Crippen molar-refractivity contribution in [3.05, 3.63) is 12.2 Å². The highest BCUT2D eigenvalue weighted by Crippen LogP contribution is 2.26. The summed E-state index contributed by atoms with van der Waals surface area (Å²) >= 11 is 0. The summed E-state index contributed by atoms with van der Waals surface area (Å²) < 4.78 is 34.1. The summed E-state index contributed by atoms with van der Waals surface area (Å²) in [6, 6.07) is 0. The maximum Gasteiger partial charge on any atom is 0.306 e. The molecule has 0 saturated carbocycles. The molecule has 336 valence electrons. The van der Waals surface area contributed by atoms with E-state index < -0.39 is 80.7 Å². The van der Waals surface area contributed by atoms with Crippen LogP contribution in [-0.4, -0.2) is 142 Å². The molecule has 57 heavy (non-hydrogen) atoms. The lowest BCUT2D eigenvalue weighted by molar-refractivity contribution is -0.332. The average molecular weight is 821 g/mol. The number of aliphatic hydroxyl groups excluding tert-OH is 7. The number of carbonyl (C=O) groups is 1. The van der Waals surface area contributed by atoms with Gasteiger partial charge in [0.2, 0.25) is 0 Å². The predicted molar refractivity (Wildman–Crippen MR) is 215 cm³/mol. The maximum atomic E-state index is 12.9. The van der Waals surface area contributed by atoms with E-state index in [9.17, 15) is 40.5 Å². The van der Waals surface area contributed by atoms with Crippen LogP contribution in [0.2, 0.25) is 0 Å². The summed E-state index contributed by atoms with van der Waals surface area (Å²) in [4.78, 5) is 12.9. The van der Waals surface area contributed by atoms with Gasteiger partial charge in [0, 0.05) is 13.0 Å². The van der Waals surface area contributed by atoms with E-state index in [4.69, 9.17) is 28.4 Å². The normalized spacial score (nSPS) is 28.6. The van der Waals surface area contributed by atoms with Crippen molar-refractivity contribution in [3.63, 3.8) is 0 Å². The standard InChI is InChI=1S/C43H80O14/c1-3-5-7-9-11-13-15-16-17-18-20-22-24-26-35(45)55-32(29-52-27-25-23-21-19-14-12-10-8-6-4-2)30-53-42-41(51)39(49)37(47)34(57-42)31-54-43-40(50)38(48)36(46)33(28-44)56-43/h13,15,32-34,36-44,46-51H,3-12,14,16-31H2,1-2H3/b15-13-. The third-order valence-electron chi connectivity index (χ3n) is 10.8. The third-order valence-corrected chi connectivity index (χ3v) is 10.8. The van der Waals surface area contributed by atoms with E-state index in [1.165, 1.54) is 70.6 Å². The van der Waals surface area contributed by atoms with Gasteiger partial charge in [-0.05, 0) is 38.5 Å². The van der Waals surface area contributed by atoms with E-state index in [1.54, 1.807) is 0 Å². The molecule has 0 aromatic rings. The average Bonchev–Trinajstić information content (AvgIpc) is 3.20. The number of carbonyl (C=O) groups excluding carboxylic acids is 1. The van der Waals surface area contributed by atoms with E-state index in [1.807, 2.05) is 0 Å². The van der Waals surface area contributed by atoms with Crippen molar-refractivity contribution < 1.29 is 69.0 Å². The van der Waals surface area contributed by atoms with Crippen molar-refractivity contribution in [2.75, 3.05) is 33.0 Å². The second-order valence-electron chi connectivity index (χ2n) is 15.9. The van der Waals surface area contributed by atoms with Crippen molar-refractivity contribution in [2.45, 2.75) is 223 Å².